The minimum Gasteiger partial charge on any atom is -0.495 e. The third-order valence-electron chi connectivity index (χ3n) is 3.15. The van der Waals surface area contributed by atoms with E-state index >= 15 is 0 Å². The third kappa shape index (κ3) is 3.66. The zero-order valence-corrected chi connectivity index (χ0v) is 12.5. The van der Waals surface area contributed by atoms with Crippen molar-refractivity contribution in [3.63, 3.8) is 0 Å². The highest BCUT2D eigenvalue weighted by Crippen LogP contribution is 2.22. The lowest BCUT2D eigenvalue weighted by Crippen LogP contribution is -2.37. The van der Waals surface area contributed by atoms with Crippen LogP contribution in [0, 0.1) is 0 Å². The summed E-state index contributed by atoms with van der Waals surface area (Å²) in [7, 11) is 1.53. The van der Waals surface area contributed by atoms with Crippen LogP contribution in [-0.4, -0.2) is 36.9 Å². The van der Waals surface area contributed by atoms with Crippen LogP contribution in [0.15, 0.2) is 47.3 Å². The van der Waals surface area contributed by atoms with Crippen LogP contribution in [0.5, 0.6) is 5.75 Å². The van der Waals surface area contributed by atoms with Gasteiger partial charge in [0, 0.05) is 6.54 Å². The lowest BCUT2D eigenvalue weighted by atomic mass is 10.2. The largest absolute Gasteiger partial charge is 0.495 e. The number of hydrogen-bond donors (Lipinski definition) is 1. The fourth-order valence-corrected chi connectivity index (χ4v) is 2.01. The van der Waals surface area contributed by atoms with Crippen LogP contribution in [-0.2, 0) is 4.79 Å². The molecule has 6 nitrogen and oxygen atoms in total. The monoisotopic (exact) mass is 302 g/mol. The predicted octanol–water partition coefficient (Wildman–Crippen LogP) is 2.39. The highest BCUT2D eigenvalue weighted by Gasteiger charge is 2.18. The first-order valence-electron chi connectivity index (χ1n) is 6.90. The smallest absolute Gasteiger partial charge is 0.257 e. The number of nitrogens with one attached hydrogen (secondary N) is 1. The van der Waals surface area contributed by atoms with Crippen molar-refractivity contribution in [1.82, 2.24) is 4.90 Å². The number of amides is 2. The second-order valence-electron chi connectivity index (χ2n) is 4.58. The Hall–Kier alpha value is -2.76. The van der Waals surface area contributed by atoms with E-state index in [4.69, 9.17) is 9.15 Å². The number of furan rings is 1. The van der Waals surface area contributed by atoms with Gasteiger partial charge in [-0.2, -0.15) is 0 Å². The standard InChI is InChI=1S/C16H18N2O4/c1-3-18(16(20)12-8-9-22-11-12)10-15(19)17-13-6-4-5-7-14(13)21-2/h4-9,11H,3,10H2,1-2H3,(H,17,19). The van der Waals surface area contributed by atoms with Gasteiger partial charge >= 0.3 is 0 Å². The first kappa shape index (κ1) is 15.6. The number of para-hydroxylation sites is 2. The highest BCUT2D eigenvalue weighted by molar-refractivity contribution is 5.99. The van der Waals surface area contributed by atoms with E-state index in [2.05, 4.69) is 5.32 Å². The van der Waals surface area contributed by atoms with Crippen molar-refractivity contribution < 1.29 is 18.7 Å². The summed E-state index contributed by atoms with van der Waals surface area (Å²) in [5.74, 6) is 0.0367. The molecule has 22 heavy (non-hydrogen) atoms. The topological polar surface area (TPSA) is 71.8 Å². The molecule has 2 aromatic rings. The maximum absolute atomic E-state index is 12.2. The van der Waals surface area contributed by atoms with E-state index in [9.17, 15) is 9.59 Å². The summed E-state index contributed by atoms with van der Waals surface area (Å²) in [4.78, 5) is 25.8. The lowest BCUT2D eigenvalue weighted by molar-refractivity contribution is -0.116. The second-order valence-corrected chi connectivity index (χ2v) is 4.58. The Kier molecular flexibility index (Phi) is 5.19. The van der Waals surface area contributed by atoms with E-state index in [1.165, 1.54) is 24.5 Å². The van der Waals surface area contributed by atoms with Gasteiger partial charge in [-0.1, -0.05) is 12.1 Å². The summed E-state index contributed by atoms with van der Waals surface area (Å²) in [5, 5.41) is 2.75. The summed E-state index contributed by atoms with van der Waals surface area (Å²) in [6, 6.07) is 8.68. The van der Waals surface area contributed by atoms with Crippen LogP contribution in [0.3, 0.4) is 0 Å². The van der Waals surface area contributed by atoms with Gasteiger partial charge in [0.2, 0.25) is 5.91 Å². The lowest BCUT2D eigenvalue weighted by Gasteiger charge is -2.20. The molecular weight excluding hydrogens is 284 g/mol. The molecule has 0 atom stereocenters. The molecule has 0 aliphatic rings. The molecule has 0 bridgehead atoms. The van der Waals surface area contributed by atoms with Crippen LogP contribution in [0.2, 0.25) is 0 Å². The Bertz CT molecular complexity index is 637. The summed E-state index contributed by atoms with van der Waals surface area (Å²) in [6.45, 7) is 2.19. The molecule has 2 amide bonds. The molecule has 0 fully saturated rings. The summed E-state index contributed by atoms with van der Waals surface area (Å²) >= 11 is 0. The Labute approximate surface area is 128 Å². The van der Waals surface area contributed by atoms with Gasteiger partial charge in [-0.3, -0.25) is 9.59 Å². The molecule has 1 heterocycles. The van der Waals surface area contributed by atoms with Gasteiger partial charge in [0.05, 0.1) is 24.6 Å². The van der Waals surface area contributed by atoms with Crippen molar-refractivity contribution >= 4 is 17.5 Å². The molecule has 1 aromatic carbocycles. The Balaban J connectivity index is 2.02. The summed E-state index contributed by atoms with van der Waals surface area (Å²) in [6.07, 6.45) is 2.79. The number of hydrogen-bond acceptors (Lipinski definition) is 4. The number of rotatable bonds is 6. The molecule has 6 heteroatoms. The zero-order valence-electron chi connectivity index (χ0n) is 12.5. The quantitative estimate of drug-likeness (QED) is 0.889. The fourth-order valence-electron chi connectivity index (χ4n) is 2.01. The SMILES string of the molecule is CCN(CC(=O)Nc1ccccc1OC)C(=O)c1ccoc1. The minimum atomic E-state index is -0.289. The van der Waals surface area contributed by atoms with Gasteiger partial charge in [-0.25, -0.2) is 0 Å². The molecule has 0 saturated heterocycles. The third-order valence-corrected chi connectivity index (χ3v) is 3.15. The van der Waals surface area contributed by atoms with Crippen molar-refractivity contribution in [1.29, 1.82) is 0 Å². The molecule has 0 aliphatic carbocycles. The molecule has 1 N–H and O–H groups in total. The van der Waals surface area contributed by atoms with Crippen LogP contribution in [0.25, 0.3) is 0 Å². The number of benzene rings is 1. The van der Waals surface area contributed by atoms with E-state index in [0.717, 1.165) is 0 Å². The van der Waals surface area contributed by atoms with Crippen LogP contribution in [0.1, 0.15) is 17.3 Å². The van der Waals surface area contributed by atoms with Gasteiger partial charge in [-0.05, 0) is 25.1 Å². The minimum absolute atomic E-state index is 0.0431. The zero-order chi connectivity index (χ0) is 15.9. The van der Waals surface area contributed by atoms with E-state index < -0.39 is 0 Å². The molecule has 0 saturated carbocycles. The molecule has 2 rings (SSSR count). The van der Waals surface area contributed by atoms with Crippen LogP contribution < -0.4 is 10.1 Å². The van der Waals surface area contributed by atoms with E-state index in [-0.39, 0.29) is 18.4 Å². The highest BCUT2D eigenvalue weighted by atomic mass is 16.5. The molecule has 1 aromatic heterocycles. The van der Waals surface area contributed by atoms with Crippen molar-refractivity contribution in [2.75, 3.05) is 25.5 Å². The number of anilines is 1. The van der Waals surface area contributed by atoms with Gasteiger partial charge in [-0.15, -0.1) is 0 Å². The predicted molar refractivity (Wildman–Crippen MR) is 81.9 cm³/mol. The molecule has 0 unspecified atom stereocenters. The summed E-state index contributed by atoms with van der Waals surface area (Å²) < 4.78 is 10.1. The number of carbonyl (C=O) groups is 2. The van der Waals surface area contributed by atoms with E-state index in [0.29, 0.717) is 23.5 Å². The fraction of sp³-hybridized carbons (Fsp3) is 0.250. The van der Waals surface area contributed by atoms with Crippen molar-refractivity contribution in [3.05, 3.63) is 48.4 Å². The van der Waals surface area contributed by atoms with E-state index in [1.807, 2.05) is 13.0 Å². The Morgan fingerprint density at radius 2 is 2.05 bits per heavy atom. The maximum atomic E-state index is 12.2. The molecular formula is C16H18N2O4. The number of methoxy groups -OCH3 is 1. The van der Waals surface area contributed by atoms with Gasteiger partial charge in [0.15, 0.2) is 0 Å². The average Bonchev–Trinajstić information content (AvgIpc) is 3.07. The van der Waals surface area contributed by atoms with Gasteiger partial charge < -0.3 is 19.4 Å². The Morgan fingerprint density at radius 1 is 1.27 bits per heavy atom. The van der Waals surface area contributed by atoms with Gasteiger partial charge in [0.1, 0.15) is 18.6 Å². The average molecular weight is 302 g/mol. The van der Waals surface area contributed by atoms with Crippen molar-refractivity contribution in [3.8, 4) is 5.75 Å². The van der Waals surface area contributed by atoms with Crippen molar-refractivity contribution in [2.24, 2.45) is 0 Å². The molecule has 0 aliphatic heterocycles. The number of ether oxygens (including phenoxy) is 1. The first-order valence-corrected chi connectivity index (χ1v) is 6.90. The number of likely N-dealkylation sites (N-methyl/N-ethyl adjacent to an activating group) is 1. The molecule has 116 valence electrons. The Morgan fingerprint density at radius 3 is 2.68 bits per heavy atom. The number of nitrogens with zero attached hydrogens (tertiary/aromatic N) is 1. The first-order chi connectivity index (χ1) is 10.7. The van der Waals surface area contributed by atoms with Gasteiger partial charge in [0.25, 0.3) is 5.91 Å². The number of carbonyl (C=O) groups excluding carboxylic acids is 2. The maximum Gasteiger partial charge on any atom is 0.257 e. The summed E-state index contributed by atoms with van der Waals surface area (Å²) in [5.41, 5.74) is 0.994. The normalized spacial score (nSPS) is 10.1. The van der Waals surface area contributed by atoms with Crippen LogP contribution in [0.4, 0.5) is 5.69 Å². The van der Waals surface area contributed by atoms with Crippen LogP contribution >= 0.6 is 0 Å². The van der Waals surface area contributed by atoms with E-state index in [1.54, 1.807) is 24.3 Å². The second kappa shape index (κ2) is 7.31. The molecule has 0 radical (unpaired) electrons. The molecule has 0 spiro atoms. The van der Waals surface area contributed by atoms with Crippen molar-refractivity contribution in [2.45, 2.75) is 6.92 Å².